The standard InChI is InChI=1S/C27H39N3O2/c1-3-4-5-6-7-17-30-18-14-21(22(20-30)12-15-28)8-11-27(31)24-13-16-29-26-10-9-23(32-2)19-25(24)26/h9-10,13,16,19,21-22,27,31H,3-8,11-12,14,17-18,20H2,1-2H3/t21-,22+,27?/m1/s1. The van der Waals surface area contributed by atoms with E-state index in [9.17, 15) is 10.4 Å². The van der Waals surface area contributed by atoms with E-state index < -0.39 is 6.10 Å². The molecule has 1 N–H and O–H groups in total. The highest BCUT2D eigenvalue weighted by Crippen LogP contribution is 2.34. The molecule has 1 aromatic heterocycles. The molecule has 2 aromatic rings. The summed E-state index contributed by atoms with van der Waals surface area (Å²) in [6, 6.07) is 10.1. The monoisotopic (exact) mass is 437 g/mol. The molecule has 174 valence electrons. The number of hydrogen-bond acceptors (Lipinski definition) is 5. The number of unbranched alkanes of at least 4 members (excludes halogenated alkanes) is 4. The average molecular weight is 438 g/mol. The molecule has 2 heterocycles. The fourth-order valence-corrected chi connectivity index (χ4v) is 5.12. The summed E-state index contributed by atoms with van der Waals surface area (Å²) >= 11 is 0. The number of benzene rings is 1. The van der Waals surface area contributed by atoms with Gasteiger partial charge in [0.1, 0.15) is 5.75 Å². The number of likely N-dealkylation sites (tertiary alicyclic amines) is 1. The molecule has 0 bridgehead atoms. The lowest BCUT2D eigenvalue weighted by atomic mass is 9.79. The molecule has 1 aliphatic heterocycles. The van der Waals surface area contributed by atoms with E-state index in [-0.39, 0.29) is 0 Å². The van der Waals surface area contributed by atoms with Crippen LogP contribution in [0.4, 0.5) is 0 Å². The van der Waals surface area contributed by atoms with Gasteiger partial charge in [-0.05, 0) is 80.4 Å². The third-order valence-electron chi connectivity index (χ3n) is 7.06. The summed E-state index contributed by atoms with van der Waals surface area (Å²) in [6.45, 7) is 5.55. The molecule has 0 radical (unpaired) electrons. The van der Waals surface area contributed by atoms with Gasteiger partial charge in [-0.3, -0.25) is 4.98 Å². The third kappa shape index (κ3) is 6.67. The minimum atomic E-state index is -0.535. The van der Waals surface area contributed by atoms with Crippen LogP contribution >= 0.6 is 0 Å². The van der Waals surface area contributed by atoms with Gasteiger partial charge in [0.25, 0.3) is 0 Å². The molecule has 0 aliphatic carbocycles. The topological polar surface area (TPSA) is 69.4 Å². The second kappa shape index (κ2) is 12.8. The Kier molecular flexibility index (Phi) is 9.77. The molecule has 1 aliphatic rings. The van der Waals surface area contributed by atoms with Crippen molar-refractivity contribution in [2.75, 3.05) is 26.7 Å². The molecule has 0 amide bonds. The Morgan fingerprint density at radius 3 is 2.84 bits per heavy atom. The molecule has 32 heavy (non-hydrogen) atoms. The van der Waals surface area contributed by atoms with Crippen molar-refractivity contribution in [1.82, 2.24) is 9.88 Å². The van der Waals surface area contributed by atoms with E-state index in [1.165, 1.54) is 32.1 Å². The second-order valence-corrected chi connectivity index (χ2v) is 9.26. The number of rotatable bonds is 12. The van der Waals surface area contributed by atoms with Crippen LogP contribution < -0.4 is 4.74 Å². The summed E-state index contributed by atoms with van der Waals surface area (Å²) in [7, 11) is 1.65. The number of ether oxygens (including phenoxy) is 1. The zero-order chi connectivity index (χ0) is 22.8. The van der Waals surface area contributed by atoms with Gasteiger partial charge in [0, 0.05) is 24.5 Å². The maximum absolute atomic E-state index is 11.0. The van der Waals surface area contributed by atoms with E-state index >= 15 is 0 Å². The van der Waals surface area contributed by atoms with Crippen LogP contribution in [-0.4, -0.2) is 41.7 Å². The van der Waals surface area contributed by atoms with Gasteiger partial charge >= 0.3 is 0 Å². The van der Waals surface area contributed by atoms with Crippen molar-refractivity contribution in [3.8, 4) is 11.8 Å². The van der Waals surface area contributed by atoms with Crippen molar-refractivity contribution < 1.29 is 9.84 Å². The van der Waals surface area contributed by atoms with Crippen molar-refractivity contribution in [1.29, 1.82) is 5.26 Å². The Morgan fingerprint density at radius 2 is 2.06 bits per heavy atom. The van der Waals surface area contributed by atoms with Gasteiger partial charge in [-0.25, -0.2) is 0 Å². The van der Waals surface area contributed by atoms with E-state index in [4.69, 9.17) is 4.74 Å². The van der Waals surface area contributed by atoms with E-state index in [0.29, 0.717) is 24.7 Å². The quantitative estimate of drug-likeness (QED) is 0.420. The molecule has 3 atom stereocenters. The third-order valence-corrected chi connectivity index (χ3v) is 7.06. The predicted octanol–water partition coefficient (Wildman–Crippen LogP) is 5.88. The number of nitriles is 1. The Bertz CT molecular complexity index is 879. The molecular formula is C27H39N3O2. The smallest absolute Gasteiger partial charge is 0.119 e. The zero-order valence-corrected chi connectivity index (χ0v) is 19.8. The highest BCUT2D eigenvalue weighted by molar-refractivity contribution is 5.83. The number of hydrogen-bond donors (Lipinski definition) is 1. The van der Waals surface area contributed by atoms with Crippen LogP contribution in [0.1, 0.15) is 76.4 Å². The number of piperidine rings is 1. The Balaban J connectivity index is 1.56. The normalized spacial score (nSPS) is 20.2. The SMILES string of the molecule is CCCCCCCN1CC[C@@H](CCC(O)c2ccnc3ccc(OC)cc23)[C@@H](CC#N)C1. The maximum atomic E-state index is 11.0. The highest BCUT2D eigenvalue weighted by atomic mass is 16.5. The van der Waals surface area contributed by atoms with Gasteiger partial charge in [-0.2, -0.15) is 5.26 Å². The van der Waals surface area contributed by atoms with Crippen LogP contribution in [-0.2, 0) is 0 Å². The predicted molar refractivity (Wildman–Crippen MR) is 130 cm³/mol. The van der Waals surface area contributed by atoms with Gasteiger partial charge < -0.3 is 14.7 Å². The minimum Gasteiger partial charge on any atom is -0.497 e. The minimum absolute atomic E-state index is 0.408. The number of aliphatic hydroxyl groups excluding tert-OH is 1. The van der Waals surface area contributed by atoms with Gasteiger partial charge in [-0.1, -0.05) is 32.6 Å². The summed E-state index contributed by atoms with van der Waals surface area (Å²) in [5.41, 5.74) is 1.78. The lowest BCUT2D eigenvalue weighted by Gasteiger charge is -2.38. The number of fused-ring (bicyclic) bond motifs is 1. The van der Waals surface area contributed by atoms with Crippen LogP contribution in [0.15, 0.2) is 30.5 Å². The number of nitrogens with zero attached hydrogens (tertiary/aromatic N) is 3. The maximum Gasteiger partial charge on any atom is 0.119 e. The number of pyridine rings is 1. The second-order valence-electron chi connectivity index (χ2n) is 9.26. The first-order valence-electron chi connectivity index (χ1n) is 12.4. The molecule has 1 fully saturated rings. The van der Waals surface area contributed by atoms with Crippen LogP contribution in [0.5, 0.6) is 5.75 Å². The summed E-state index contributed by atoms with van der Waals surface area (Å²) in [4.78, 5) is 6.99. The van der Waals surface area contributed by atoms with Crippen molar-refractivity contribution in [3.63, 3.8) is 0 Å². The molecule has 3 rings (SSSR count). The molecule has 0 saturated carbocycles. The number of aliphatic hydroxyl groups is 1. The Labute approximate surface area is 193 Å². The average Bonchev–Trinajstić information content (AvgIpc) is 2.82. The van der Waals surface area contributed by atoms with Gasteiger partial charge in [0.2, 0.25) is 0 Å². The molecular weight excluding hydrogens is 398 g/mol. The first-order valence-corrected chi connectivity index (χ1v) is 12.4. The van der Waals surface area contributed by atoms with Crippen molar-refractivity contribution in [3.05, 3.63) is 36.0 Å². The van der Waals surface area contributed by atoms with Crippen LogP contribution in [0.25, 0.3) is 10.9 Å². The van der Waals surface area contributed by atoms with Crippen LogP contribution in [0.2, 0.25) is 0 Å². The van der Waals surface area contributed by atoms with Crippen molar-refractivity contribution in [2.24, 2.45) is 11.8 Å². The molecule has 0 spiro atoms. The molecule has 1 unspecified atom stereocenters. The van der Waals surface area contributed by atoms with E-state index in [0.717, 1.165) is 54.7 Å². The Morgan fingerprint density at radius 1 is 1.22 bits per heavy atom. The van der Waals surface area contributed by atoms with Crippen LogP contribution in [0, 0.1) is 23.2 Å². The summed E-state index contributed by atoms with van der Waals surface area (Å²) in [5.74, 6) is 1.68. The fraction of sp³-hybridized carbons (Fsp3) is 0.630. The number of methoxy groups -OCH3 is 1. The van der Waals surface area contributed by atoms with Gasteiger partial charge in [0.15, 0.2) is 0 Å². The summed E-state index contributed by atoms with van der Waals surface area (Å²) in [5, 5.41) is 21.4. The largest absolute Gasteiger partial charge is 0.497 e. The van der Waals surface area contributed by atoms with Crippen molar-refractivity contribution >= 4 is 10.9 Å². The molecule has 5 nitrogen and oxygen atoms in total. The first kappa shape index (κ1) is 24.5. The van der Waals surface area contributed by atoms with E-state index in [1.54, 1.807) is 13.3 Å². The molecule has 1 aromatic carbocycles. The fourth-order valence-electron chi connectivity index (χ4n) is 5.12. The lowest BCUT2D eigenvalue weighted by molar-refractivity contribution is 0.0941. The lowest BCUT2D eigenvalue weighted by Crippen LogP contribution is -2.41. The highest BCUT2D eigenvalue weighted by Gasteiger charge is 2.29. The summed E-state index contributed by atoms with van der Waals surface area (Å²) in [6.07, 6.45) is 11.2. The molecule has 1 saturated heterocycles. The van der Waals surface area contributed by atoms with Crippen LogP contribution in [0.3, 0.4) is 0 Å². The number of aromatic nitrogens is 1. The Hall–Kier alpha value is -2.16. The first-order chi connectivity index (χ1) is 15.7. The van der Waals surface area contributed by atoms with E-state index in [2.05, 4.69) is 22.9 Å². The molecule has 5 heteroatoms. The van der Waals surface area contributed by atoms with E-state index in [1.807, 2.05) is 24.3 Å². The van der Waals surface area contributed by atoms with Crippen molar-refractivity contribution in [2.45, 2.75) is 70.8 Å². The van der Waals surface area contributed by atoms with Gasteiger partial charge in [0.05, 0.1) is 24.8 Å². The van der Waals surface area contributed by atoms with Gasteiger partial charge in [-0.15, -0.1) is 0 Å². The summed E-state index contributed by atoms with van der Waals surface area (Å²) < 4.78 is 5.37. The zero-order valence-electron chi connectivity index (χ0n) is 19.8.